The summed E-state index contributed by atoms with van der Waals surface area (Å²) in [5, 5.41) is 6.46. The van der Waals surface area contributed by atoms with Gasteiger partial charge in [-0.15, -0.1) is 0 Å². The maximum absolute atomic E-state index is 12.6. The van der Waals surface area contributed by atoms with Crippen LogP contribution in [0.3, 0.4) is 0 Å². The van der Waals surface area contributed by atoms with Crippen LogP contribution in [-0.2, 0) is 17.9 Å². The van der Waals surface area contributed by atoms with Crippen LogP contribution in [0.2, 0.25) is 0 Å². The highest BCUT2D eigenvalue weighted by molar-refractivity contribution is 7.07. The number of hydrogen-bond acceptors (Lipinski definition) is 4. The molecule has 7 heteroatoms. The number of nitrogens with zero attached hydrogens (tertiary/aromatic N) is 4. The average molecular weight is 385 g/mol. The van der Waals surface area contributed by atoms with E-state index in [0.717, 1.165) is 45.2 Å². The van der Waals surface area contributed by atoms with Gasteiger partial charge in [-0.05, 0) is 39.3 Å². The van der Waals surface area contributed by atoms with E-state index in [0.29, 0.717) is 6.54 Å². The summed E-state index contributed by atoms with van der Waals surface area (Å²) in [7, 11) is 1.76. The second-order valence-corrected chi connectivity index (χ2v) is 7.65. The molecule has 2 heterocycles. The van der Waals surface area contributed by atoms with Crippen molar-refractivity contribution in [1.82, 2.24) is 19.2 Å². The van der Waals surface area contributed by atoms with Gasteiger partial charge in [0.2, 0.25) is 5.91 Å². The standard InChI is InChI=1S/C20H24N4O2S/c1-13-8-6-7-9-18(13)24-16(4)17(15(3)21-24)10-22(5)19(25)11-23-14(2)12-27-20(23)26/h6-9,12H,10-11H2,1-5H3. The summed E-state index contributed by atoms with van der Waals surface area (Å²) in [6.45, 7) is 8.40. The maximum Gasteiger partial charge on any atom is 0.307 e. The Hall–Kier alpha value is -2.67. The van der Waals surface area contributed by atoms with E-state index in [4.69, 9.17) is 0 Å². The number of thiazole rings is 1. The van der Waals surface area contributed by atoms with Crippen LogP contribution in [0.1, 0.15) is 28.2 Å². The van der Waals surface area contributed by atoms with Crippen LogP contribution in [0.25, 0.3) is 5.69 Å². The van der Waals surface area contributed by atoms with E-state index >= 15 is 0 Å². The number of carbonyl (C=O) groups excluding carboxylic acids is 1. The first-order valence-corrected chi connectivity index (χ1v) is 9.67. The third-order valence-electron chi connectivity index (χ3n) is 4.88. The van der Waals surface area contributed by atoms with Crippen LogP contribution in [0.15, 0.2) is 34.4 Å². The van der Waals surface area contributed by atoms with E-state index in [1.54, 1.807) is 17.3 Å². The molecule has 0 unspecified atom stereocenters. The van der Waals surface area contributed by atoms with Crippen LogP contribution in [0, 0.1) is 27.7 Å². The van der Waals surface area contributed by atoms with Crippen molar-refractivity contribution in [1.29, 1.82) is 0 Å². The van der Waals surface area contributed by atoms with Gasteiger partial charge in [0.15, 0.2) is 0 Å². The third kappa shape index (κ3) is 3.73. The second-order valence-electron chi connectivity index (χ2n) is 6.83. The molecule has 2 aromatic heterocycles. The zero-order chi connectivity index (χ0) is 19.7. The first-order valence-electron chi connectivity index (χ1n) is 8.79. The molecule has 27 heavy (non-hydrogen) atoms. The van der Waals surface area contributed by atoms with Crippen LogP contribution >= 0.6 is 11.3 Å². The first kappa shape index (κ1) is 19.1. The van der Waals surface area contributed by atoms with Crippen LogP contribution in [0.5, 0.6) is 0 Å². The highest BCUT2D eigenvalue weighted by atomic mass is 32.1. The molecule has 0 aliphatic heterocycles. The van der Waals surface area contributed by atoms with Gasteiger partial charge in [0, 0.05) is 35.9 Å². The lowest BCUT2D eigenvalue weighted by Gasteiger charge is -2.18. The largest absolute Gasteiger partial charge is 0.340 e. The smallest absolute Gasteiger partial charge is 0.307 e. The zero-order valence-corrected chi connectivity index (χ0v) is 17.1. The van der Waals surface area contributed by atoms with Gasteiger partial charge in [-0.3, -0.25) is 14.2 Å². The minimum Gasteiger partial charge on any atom is -0.340 e. The number of amides is 1. The van der Waals surface area contributed by atoms with Crippen molar-refractivity contribution in [2.24, 2.45) is 0 Å². The van der Waals surface area contributed by atoms with Gasteiger partial charge in [0.1, 0.15) is 6.54 Å². The molecule has 1 aromatic carbocycles. The fourth-order valence-electron chi connectivity index (χ4n) is 3.12. The summed E-state index contributed by atoms with van der Waals surface area (Å²) in [5.74, 6) is -0.0963. The van der Waals surface area contributed by atoms with Crippen molar-refractivity contribution in [2.45, 2.75) is 40.8 Å². The van der Waals surface area contributed by atoms with E-state index in [1.165, 1.54) is 4.57 Å². The van der Waals surface area contributed by atoms with E-state index in [1.807, 2.05) is 43.7 Å². The molecule has 0 spiro atoms. The predicted molar refractivity (Wildman–Crippen MR) is 108 cm³/mol. The van der Waals surface area contributed by atoms with Gasteiger partial charge in [0.05, 0.1) is 11.4 Å². The number of benzene rings is 1. The molecule has 6 nitrogen and oxygen atoms in total. The second kappa shape index (κ2) is 7.52. The number of likely N-dealkylation sites (N-methyl/N-ethyl adjacent to an activating group) is 1. The minimum absolute atomic E-state index is 0.0642. The molecular weight excluding hydrogens is 360 g/mol. The molecule has 0 saturated heterocycles. The van der Waals surface area contributed by atoms with Gasteiger partial charge >= 0.3 is 4.87 Å². The zero-order valence-electron chi connectivity index (χ0n) is 16.3. The Bertz CT molecular complexity index is 1040. The van der Waals surface area contributed by atoms with Gasteiger partial charge < -0.3 is 4.90 Å². The van der Waals surface area contributed by atoms with E-state index in [-0.39, 0.29) is 17.3 Å². The lowest BCUT2D eigenvalue weighted by atomic mass is 10.1. The van der Waals surface area contributed by atoms with Crippen molar-refractivity contribution < 1.29 is 4.79 Å². The molecule has 0 bridgehead atoms. The van der Waals surface area contributed by atoms with Crippen molar-refractivity contribution in [3.8, 4) is 5.69 Å². The fourth-order valence-corrected chi connectivity index (χ4v) is 3.85. The number of para-hydroxylation sites is 1. The Morgan fingerprint density at radius 3 is 2.52 bits per heavy atom. The molecule has 0 atom stereocenters. The molecule has 0 saturated carbocycles. The highest BCUT2D eigenvalue weighted by Gasteiger charge is 2.19. The Balaban J connectivity index is 1.82. The average Bonchev–Trinajstić information content (AvgIpc) is 3.09. The summed E-state index contributed by atoms with van der Waals surface area (Å²) in [5.41, 5.74) is 5.95. The van der Waals surface area contributed by atoms with Crippen LogP contribution < -0.4 is 4.87 Å². The van der Waals surface area contributed by atoms with E-state index < -0.39 is 0 Å². The molecule has 3 aromatic rings. The number of rotatable bonds is 5. The lowest BCUT2D eigenvalue weighted by molar-refractivity contribution is -0.131. The summed E-state index contributed by atoms with van der Waals surface area (Å²) >= 11 is 1.12. The highest BCUT2D eigenvalue weighted by Crippen LogP contribution is 2.21. The number of aryl methyl sites for hydroxylation is 3. The van der Waals surface area contributed by atoms with Crippen molar-refractivity contribution in [3.05, 3.63) is 67.5 Å². The summed E-state index contributed by atoms with van der Waals surface area (Å²) in [6, 6.07) is 8.10. The molecule has 142 valence electrons. The topological polar surface area (TPSA) is 60.1 Å². The first-order chi connectivity index (χ1) is 12.8. The minimum atomic E-state index is -0.103. The van der Waals surface area contributed by atoms with Gasteiger partial charge in [-0.1, -0.05) is 29.5 Å². The number of hydrogen-bond donors (Lipinski definition) is 0. The predicted octanol–water partition coefficient (Wildman–Crippen LogP) is 2.99. The molecule has 0 aliphatic carbocycles. The molecule has 0 fully saturated rings. The van der Waals surface area contributed by atoms with Gasteiger partial charge in [0.25, 0.3) is 0 Å². The fraction of sp³-hybridized carbons (Fsp3) is 0.350. The number of carbonyl (C=O) groups is 1. The summed E-state index contributed by atoms with van der Waals surface area (Å²) in [4.78, 5) is 26.0. The molecule has 3 rings (SSSR count). The van der Waals surface area contributed by atoms with Gasteiger partial charge in [-0.25, -0.2) is 4.68 Å². The molecular formula is C20H24N4O2S. The van der Waals surface area contributed by atoms with Crippen LogP contribution in [-0.4, -0.2) is 32.2 Å². The van der Waals surface area contributed by atoms with Crippen molar-refractivity contribution >= 4 is 17.2 Å². The van der Waals surface area contributed by atoms with Gasteiger partial charge in [-0.2, -0.15) is 5.10 Å². The lowest BCUT2D eigenvalue weighted by Crippen LogP contribution is -2.32. The van der Waals surface area contributed by atoms with Crippen molar-refractivity contribution in [2.75, 3.05) is 7.05 Å². The van der Waals surface area contributed by atoms with E-state index in [9.17, 15) is 9.59 Å². The summed E-state index contributed by atoms with van der Waals surface area (Å²) < 4.78 is 3.45. The Morgan fingerprint density at radius 2 is 1.89 bits per heavy atom. The molecule has 0 aliphatic rings. The Kier molecular flexibility index (Phi) is 5.32. The maximum atomic E-state index is 12.6. The Morgan fingerprint density at radius 1 is 1.19 bits per heavy atom. The molecule has 0 radical (unpaired) electrons. The Labute approximate surface area is 162 Å². The molecule has 0 N–H and O–H groups in total. The number of aromatic nitrogens is 3. The molecule has 1 amide bonds. The third-order valence-corrected chi connectivity index (χ3v) is 5.76. The normalized spacial score (nSPS) is 11.0. The van der Waals surface area contributed by atoms with Crippen molar-refractivity contribution in [3.63, 3.8) is 0 Å². The monoisotopic (exact) mass is 384 g/mol. The SMILES string of the molecule is Cc1ccccc1-n1nc(C)c(CN(C)C(=O)Cn2c(C)csc2=O)c1C. The quantitative estimate of drug-likeness (QED) is 0.679. The summed E-state index contributed by atoms with van der Waals surface area (Å²) in [6.07, 6.45) is 0. The van der Waals surface area contributed by atoms with Crippen LogP contribution in [0.4, 0.5) is 0 Å². The van der Waals surface area contributed by atoms with E-state index in [2.05, 4.69) is 18.1 Å².